The van der Waals surface area contributed by atoms with Gasteiger partial charge in [-0.05, 0) is 12.1 Å². The molecule has 0 bridgehead atoms. The quantitative estimate of drug-likeness (QED) is 0.655. The summed E-state index contributed by atoms with van der Waals surface area (Å²) in [6, 6.07) is 3.70. The normalized spacial score (nSPS) is 10.4. The molecule has 108 valence electrons. The third kappa shape index (κ3) is 2.82. The van der Waals surface area contributed by atoms with Crippen molar-refractivity contribution in [3.8, 4) is 0 Å². The molecular formula is C13H10ClFN4O2. The summed E-state index contributed by atoms with van der Waals surface area (Å²) in [7, 11) is 0. The summed E-state index contributed by atoms with van der Waals surface area (Å²) in [4.78, 5) is 26.4. The minimum atomic E-state index is -0.713. The first-order valence-electron chi connectivity index (χ1n) is 5.78. The Bertz CT molecular complexity index is 788. The minimum absolute atomic E-state index is 0.0934. The van der Waals surface area contributed by atoms with Crippen molar-refractivity contribution < 1.29 is 9.18 Å². The molecule has 0 aliphatic rings. The van der Waals surface area contributed by atoms with E-state index in [9.17, 15) is 14.0 Å². The SMILES string of the molecule is N=C(c1ccc(Cl)c(F)c1)c1c(N)ncn(CC=O)c1=O. The number of benzene rings is 1. The van der Waals surface area contributed by atoms with Crippen LogP contribution >= 0.6 is 11.6 Å². The van der Waals surface area contributed by atoms with Crippen molar-refractivity contribution in [1.82, 2.24) is 9.55 Å². The molecule has 0 unspecified atom stereocenters. The van der Waals surface area contributed by atoms with Crippen molar-refractivity contribution in [2.75, 3.05) is 5.73 Å². The lowest BCUT2D eigenvalue weighted by molar-refractivity contribution is -0.108. The average molecular weight is 309 g/mol. The first-order valence-corrected chi connectivity index (χ1v) is 6.16. The highest BCUT2D eigenvalue weighted by atomic mass is 35.5. The summed E-state index contributed by atoms with van der Waals surface area (Å²) in [6.07, 6.45) is 1.64. The number of carbonyl (C=O) groups is 1. The molecule has 0 amide bonds. The van der Waals surface area contributed by atoms with E-state index in [4.69, 9.17) is 22.7 Å². The molecule has 1 aromatic heterocycles. The van der Waals surface area contributed by atoms with Crippen LogP contribution in [0.2, 0.25) is 5.02 Å². The van der Waals surface area contributed by atoms with Gasteiger partial charge in [-0.1, -0.05) is 17.7 Å². The number of aromatic nitrogens is 2. The predicted octanol–water partition coefficient (Wildman–Crippen LogP) is 1.23. The Morgan fingerprint density at radius 2 is 2.24 bits per heavy atom. The molecule has 1 heterocycles. The highest BCUT2D eigenvalue weighted by molar-refractivity contribution is 6.31. The fourth-order valence-corrected chi connectivity index (χ4v) is 1.86. The van der Waals surface area contributed by atoms with Crippen LogP contribution in [0.5, 0.6) is 0 Å². The van der Waals surface area contributed by atoms with E-state index >= 15 is 0 Å². The van der Waals surface area contributed by atoms with Crippen molar-refractivity contribution in [3.05, 3.63) is 56.8 Å². The summed E-state index contributed by atoms with van der Waals surface area (Å²) < 4.78 is 14.5. The predicted molar refractivity (Wildman–Crippen MR) is 76.3 cm³/mol. The van der Waals surface area contributed by atoms with E-state index in [1.807, 2.05) is 0 Å². The standard InChI is InChI=1S/C13H10ClFN4O2/c14-8-2-1-7(5-9(8)15)11(16)10-12(17)18-6-19(3-4-20)13(10)21/h1-2,4-6,16H,3,17H2. The second kappa shape index (κ2) is 5.84. The number of aldehydes is 1. The molecule has 0 aliphatic carbocycles. The Hall–Kier alpha value is -2.54. The van der Waals surface area contributed by atoms with Crippen LogP contribution in [0.1, 0.15) is 11.1 Å². The smallest absolute Gasteiger partial charge is 0.265 e. The number of nitrogen functional groups attached to an aromatic ring is 1. The van der Waals surface area contributed by atoms with Crippen molar-refractivity contribution >= 4 is 29.4 Å². The fraction of sp³-hybridized carbons (Fsp3) is 0.0769. The Kier molecular flexibility index (Phi) is 4.13. The van der Waals surface area contributed by atoms with Gasteiger partial charge in [0.05, 0.1) is 17.3 Å². The zero-order chi connectivity index (χ0) is 15.6. The fourth-order valence-electron chi connectivity index (χ4n) is 1.74. The van der Waals surface area contributed by atoms with Crippen LogP contribution in [0.25, 0.3) is 0 Å². The Morgan fingerprint density at radius 1 is 1.52 bits per heavy atom. The van der Waals surface area contributed by atoms with Gasteiger partial charge in [0.15, 0.2) is 0 Å². The van der Waals surface area contributed by atoms with Gasteiger partial charge >= 0.3 is 0 Å². The van der Waals surface area contributed by atoms with Crippen LogP contribution in [-0.4, -0.2) is 21.5 Å². The average Bonchev–Trinajstić information content (AvgIpc) is 2.45. The number of halogens is 2. The number of nitrogens with zero attached hydrogens (tertiary/aromatic N) is 2. The second-order valence-electron chi connectivity index (χ2n) is 4.13. The van der Waals surface area contributed by atoms with Crippen LogP contribution in [0.4, 0.5) is 10.2 Å². The zero-order valence-electron chi connectivity index (χ0n) is 10.6. The molecule has 0 fully saturated rings. The molecule has 0 atom stereocenters. The molecule has 0 radical (unpaired) electrons. The monoisotopic (exact) mass is 308 g/mol. The van der Waals surface area contributed by atoms with Crippen LogP contribution in [-0.2, 0) is 11.3 Å². The summed E-state index contributed by atoms with van der Waals surface area (Å²) in [5, 5.41) is 7.92. The molecular weight excluding hydrogens is 299 g/mol. The number of nitrogens with two attached hydrogens (primary N) is 1. The largest absolute Gasteiger partial charge is 0.383 e. The summed E-state index contributed by atoms with van der Waals surface area (Å²) in [6.45, 7) is -0.207. The number of nitrogens with one attached hydrogen (secondary N) is 1. The number of hydrogen-bond donors (Lipinski definition) is 2. The molecule has 2 aromatic rings. The van der Waals surface area contributed by atoms with E-state index in [1.54, 1.807) is 0 Å². The van der Waals surface area contributed by atoms with Crippen molar-refractivity contribution in [3.63, 3.8) is 0 Å². The van der Waals surface area contributed by atoms with Gasteiger partial charge in [0.25, 0.3) is 5.56 Å². The molecule has 0 saturated heterocycles. The van der Waals surface area contributed by atoms with Crippen molar-refractivity contribution in [2.45, 2.75) is 6.54 Å². The van der Waals surface area contributed by atoms with Crippen LogP contribution in [0.3, 0.4) is 0 Å². The van der Waals surface area contributed by atoms with E-state index in [0.29, 0.717) is 6.29 Å². The number of hydrogen-bond acceptors (Lipinski definition) is 5. The van der Waals surface area contributed by atoms with Gasteiger partial charge in [0.2, 0.25) is 0 Å². The maximum atomic E-state index is 13.5. The molecule has 8 heteroatoms. The van der Waals surface area contributed by atoms with E-state index in [2.05, 4.69) is 4.98 Å². The van der Waals surface area contributed by atoms with Gasteiger partial charge in [-0.2, -0.15) is 0 Å². The lowest BCUT2D eigenvalue weighted by Crippen LogP contribution is -2.29. The number of anilines is 1. The number of rotatable bonds is 4. The highest BCUT2D eigenvalue weighted by Gasteiger charge is 2.17. The molecule has 0 aliphatic heterocycles. The van der Waals surface area contributed by atoms with Gasteiger partial charge < -0.3 is 10.5 Å². The second-order valence-corrected chi connectivity index (χ2v) is 4.54. The highest BCUT2D eigenvalue weighted by Crippen LogP contribution is 2.18. The van der Waals surface area contributed by atoms with Gasteiger partial charge in [0, 0.05) is 5.56 Å². The van der Waals surface area contributed by atoms with E-state index in [0.717, 1.165) is 17.0 Å². The van der Waals surface area contributed by atoms with E-state index in [1.165, 1.54) is 12.1 Å². The van der Waals surface area contributed by atoms with E-state index in [-0.39, 0.29) is 34.2 Å². The molecule has 3 N–H and O–H groups in total. The van der Waals surface area contributed by atoms with Crippen molar-refractivity contribution in [2.24, 2.45) is 0 Å². The third-order valence-corrected chi connectivity index (χ3v) is 3.10. The zero-order valence-corrected chi connectivity index (χ0v) is 11.4. The molecule has 1 aromatic carbocycles. The number of carbonyl (C=O) groups excluding carboxylic acids is 1. The van der Waals surface area contributed by atoms with Gasteiger partial charge in [0.1, 0.15) is 29.8 Å². The minimum Gasteiger partial charge on any atom is -0.383 e. The van der Waals surface area contributed by atoms with Crippen molar-refractivity contribution in [1.29, 1.82) is 5.41 Å². The Balaban J connectivity index is 2.57. The first kappa shape index (κ1) is 14.9. The Labute approximate surface area is 123 Å². The molecule has 6 nitrogen and oxygen atoms in total. The maximum Gasteiger partial charge on any atom is 0.265 e. The van der Waals surface area contributed by atoms with Gasteiger partial charge in [-0.25, -0.2) is 9.37 Å². The van der Waals surface area contributed by atoms with Gasteiger partial charge in [-0.15, -0.1) is 0 Å². The Morgan fingerprint density at radius 3 is 2.86 bits per heavy atom. The third-order valence-electron chi connectivity index (χ3n) is 2.80. The molecule has 2 rings (SSSR count). The van der Waals surface area contributed by atoms with Crippen LogP contribution in [0.15, 0.2) is 29.3 Å². The summed E-state index contributed by atoms with van der Waals surface area (Å²) in [5.41, 5.74) is 4.62. The molecule has 21 heavy (non-hydrogen) atoms. The first-order chi connectivity index (χ1) is 9.95. The van der Waals surface area contributed by atoms with Crippen LogP contribution in [0, 0.1) is 11.2 Å². The maximum absolute atomic E-state index is 13.5. The molecule has 0 spiro atoms. The lowest BCUT2D eigenvalue weighted by Gasteiger charge is -2.09. The van der Waals surface area contributed by atoms with E-state index < -0.39 is 11.4 Å². The topological polar surface area (TPSA) is 102 Å². The molecule has 0 saturated carbocycles. The van der Waals surface area contributed by atoms with Crippen LogP contribution < -0.4 is 11.3 Å². The van der Waals surface area contributed by atoms with Gasteiger partial charge in [-0.3, -0.25) is 14.8 Å². The summed E-state index contributed by atoms with van der Waals surface area (Å²) in [5.74, 6) is -0.878. The lowest BCUT2D eigenvalue weighted by atomic mass is 10.0. The summed E-state index contributed by atoms with van der Waals surface area (Å²) >= 11 is 5.57.